The van der Waals surface area contributed by atoms with Gasteiger partial charge >= 0.3 is 5.97 Å². The van der Waals surface area contributed by atoms with Crippen LogP contribution in [0.25, 0.3) is 0 Å². The first kappa shape index (κ1) is 11.4. The van der Waals surface area contributed by atoms with Gasteiger partial charge in [-0.15, -0.1) is 0 Å². The molecule has 0 saturated heterocycles. The van der Waals surface area contributed by atoms with Crippen molar-refractivity contribution in [2.45, 2.75) is 25.7 Å². The summed E-state index contributed by atoms with van der Waals surface area (Å²) in [5.74, 6) is -1.17. The van der Waals surface area contributed by atoms with Crippen LogP contribution in [0.3, 0.4) is 0 Å². The Morgan fingerprint density at radius 2 is 2.08 bits per heavy atom. The van der Waals surface area contributed by atoms with Crippen LogP contribution in [0.1, 0.15) is 13.8 Å². The molecule has 0 fully saturated rings. The molecule has 5 heteroatoms. The molecule has 0 saturated carbocycles. The number of carboxylic acid groups (broad SMARTS) is 1. The van der Waals surface area contributed by atoms with Crippen molar-refractivity contribution in [1.29, 1.82) is 0 Å². The molecule has 0 spiro atoms. The van der Waals surface area contributed by atoms with E-state index in [4.69, 9.17) is 5.11 Å². The Labute approximate surface area is 70.9 Å². The summed E-state index contributed by atoms with van der Waals surface area (Å²) < 4.78 is 9.16. The van der Waals surface area contributed by atoms with Gasteiger partial charge in [-0.25, -0.2) is 4.79 Å². The number of carbonyl (C=O) groups is 1. The third-order valence-corrected chi connectivity index (χ3v) is 1.24. The van der Waals surface area contributed by atoms with E-state index in [-0.39, 0.29) is 6.61 Å². The van der Waals surface area contributed by atoms with Crippen molar-refractivity contribution in [2.24, 2.45) is 0 Å². The minimum absolute atomic E-state index is 0.156. The van der Waals surface area contributed by atoms with Gasteiger partial charge < -0.3 is 14.6 Å². The maximum Gasteiger partial charge on any atom is 0.335 e. The highest BCUT2D eigenvalue weighted by Gasteiger charge is 2.31. The lowest BCUT2D eigenvalue weighted by Gasteiger charge is -2.22. The molecular weight excluding hydrogens is 164 g/mol. The van der Waals surface area contributed by atoms with Crippen LogP contribution in [0.15, 0.2) is 0 Å². The van der Waals surface area contributed by atoms with Crippen LogP contribution in [0.5, 0.6) is 0 Å². The minimum atomic E-state index is -1.46. The van der Waals surface area contributed by atoms with Crippen LogP contribution in [-0.4, -0.2) is 36.7 Å². The lowest BCUT2D eigenvalue weighted by molar-refractivity contribution is -0.227. The maximum atomic E-state index is 10.8. The van der Waals surface area contributed by atoms with Crippen LogP contribution >= 0.6 is 0 Å². The van der Waals surface area contributed by atoms with Gasteiger partial charge in [-0.05, 0) is 13.8 Å². The monoisotopic (exact) mass is 177 g/mol. The van der Waals surface area contributed by atoms with Gasteiger partial charge in [-0.2, -0.15) is 5.11 Å². The van der Waals surface area contributed by atoms with Gasteiger partial charge in [0.2, 0.25) is 6.29 Å². The van der Waals surface area contributed by atoms with Gasteiger partial charge in [0.05, 0.1) is 0 Å². The highest BCUT2D eigenvalue weighted by molar-refractivity contribution is 5.76. The number of hydrogen-bond acceptors (Lipinski definition) is 3. The van der Waals surface area contributed by atoms with Gasteiger partial charge in [0.1, 0.15) is 6.61 Å². The second-order valence-corrected chi connectivity index (χ2v) is 2.82. The van der Waals surface area contributed by atoms with Crippen molar-refractivity contribution >= 4 is 5.97 Å². The van der Waals surface area contributed by atoms with Crippen LogP contribution in [0.4, 0.5) is 0 Å². The quantitative estimate of drug-likeness (QED) is 0.611. The summed E-state index contributed by atoms with van der Waals surface area (Å²) in [6.45, 7) is 2.47. The first-order valence-corrected chi connectivity index (χ1v) is 3.46. The third kappa shape index (κ3) is 3.66. The first-order valence-electron chi connectivity index (χ1n) is 3.46. The Bertz CT molecular complexity index is 154. The predicted octanol–water partition coefficient (Wildman–Crippen LogP) is 0.269. The van der Waals surface area contributed by atoms with E-state index in [1.54, 1.807) is 0 Å². The van der Waals surface area contributed by atoms with E-state index in [0.29, 0.717) is 0 Å². The Kier molecular flexibility index (Phi) is 4.16. The molecule has 0 aliphatic carbocycles. The van der Waals surface area contributed by atoms with Gasteiger partial charge in [0.25, 0.3) is 0 Å². The van der Waals surface area contributed by atoms with Crippen molar-refractivity contribution in [3.63, 3.8) is 0 Å². The van der Waals surface area contributed by atoms with Crippen LogP contribution in [0.2, 0.25) is 0 Å². The zero-order valence-corrected chi connectivity index (χ0v) is 7.36. The predicted molar refractivity (Wildman–Crippen MR) is 39.2 cm³/mol. The molecule has 0 aromatic heterocycles. The lowest BCUT2D eigenvalue weighted by Crippen LogP contribution is -2.39. The maximum absolute atomic E-state index is 10.8. The molecular formula is C7H13O5. The van der Waals surface area contributed by atoms with Crippen molar-refractivity contribution in [2.75, 3.05) is 13.7 Å². The largest absolute Gasteiger partial charge is 0.479 e. The molecule has 5 nitrogen and oxygen atoms in total. The second kappa shape index (κ2) is 4.39. The molecule has 0 aliphatic rings. The van der Waals surface area contributed by atoms with Crippen molar-refractivity contribution < 1.29 is 24.5 Å². The standard InChI is InChI=1S/C7H13O5/c1-7(2,6(9)10)12-5(8)4-11-3/h5H,4H2,1-3H3,(H,9,10). The van der Waals surface area contributed by atoms with Crippen LogP contribution in [0, 0.1) is 0 Å². The SMILES string of the molecule is COCC([O])OC(C)(C)C(=O)O. The number of carboxylic acids is 1. The smallest absolute Gasteiger partial charge is 0.335 e. The molecule has 0 amide bonds. The first-order chi connectivity index (χ1) is 5.40. The van der Waals surface area contributed by atoms with Gasteiger partial charge in [-0.3, -0.25) is 0 Å². The van der Waals surface area contributed by atoms with Crippen LogP contribution in [-0.2, 0) is 19.4 Å². The normalized spacial score (nSPS) is 14.3. The van der Waals surface area contributed by atoms with Gasteiger partial charge in [0.15, 0.2) is 5.60 Å². The van der Waals surface area contributed by atoms with E-state index < -0.39 is 17.9 Å². The zero-order valence-electron chi connectivity index (χ0n) is 7.36. The summed E-state index contributed by atoms with van der Waals surface area (Å²) in [5.41, 5.74) is -1.45. The molecule has 1 radical (unpaired) electrons. The molecule has 71 valence electrons. The van der Waals surface area contributed by atoms with Crippen molar-refractivity contribution in [3.05, 3.63) is 0 Å². The molecule has 1 unspecified atom stereocenters. The van der Waals surface area contributed by atoms with E-state index in [2.05, 4.69) is 9.47 Å². The summed E-state index contributed by atoms with van der Waals surface area (Å²) in [4.78, 5) is 10.5. The summed E-state index contributed by atoms with van der Waals surface area (Å²) >= 11 is 0. The van der Waals surface area contributed by atoms with Gasteiger partial charge in [0, 0.05) is 7.11 Å². The molecule has 1 atom stereocenters. The molecule has 1 N–H and O–H groups in total. The lowest BCUT2D eigenvalue weighted by atomic mass is 10.1. The van der Waals surface area contributed by atoms with Crippen LogP contribution < -0.4 is 0 Å². The molecule has 0 aromatic carbocycles. The summed E-state index contributed by atoms with van der Waals surface area (Å²) in [6.07, 6.45) is -1.46. The van der Waals surface area contributed by atoms with E-state index in [1.807, 2.05) is 0 Å². The summed E-state index contributed by atoms with van der Waals surface area (Å²) in [7, 11) is 1.35. The number of aliphatic carboxylic acids is 1. The number of hydrogen-bond donors (Lipinski definition) is 1. The highest BCUT2D eigenvalue weighted by atomic mass is 16.6. The Morgan fingerprint density at radius 3 is 2.42 bits per heavy atom. The number of ether oxygens (including phenoxy) is 2. The van der Waals surface area contributed by atoms with E-state index in [0.717, 1.165) is 0 Å². The number of rotatable bonds is 5. The Balaban J connectivity index is 3.96. The molecule has 0 heterocycles. The minimum Gasteiger partial charge on any atom is -0.479 e. The molecule has 0 bridgehead atoms. The van der Waals surface area contributed by atoms with E-state index in [1.165, 1.54) is 21.0 Å². The Morgan fingerprint density at radius 1 is 1.58 bits per heavy atom. The molecule has 0 aromatic rings. The average Bonchev–Trinajstić information content (AvgIpc) is 1.85. The summed E-state index contributed by atoms with van der Waals surface area (Å²) in [5, 5.41) is 19.4. The summed E-state index contributed by atoms with van der Waals surface area (Å²) in [6, 6.07) is 0. The third-order valence-electron chi connectivity index (χ3n) is 1.24. The van der Waals surface area contributed by atoms with E-state index >= 15 is 0 Å². The fraction of sp³-hybridized carbons (Fsp3) is 0.857. The second-order valence-electron chi connectivity index (χ2n) is 2.82. The van der Waals surface area contributed by atoms with Gasteiger partial charge in [-0.1, -0.05) is 0 Å². The topological polar surface area (TPSA) is 75.7 Å². The van der Waals surface area contributed by atoms with Crippen molar-refractivity contribution in [3.8, 4) is 0 Å². The fourth-order valence-electron chi connectivity index (χ4n) is 0.549. The molecule has 0 aliphatic heterocycles. The van der Waals surface area contributed by atoms with E-state index in [9.17, 15) is 9.90 Å². The Hall–Kier alpha value is -0.650. The average molecular weight is 177 g/mol. The highest BCUT2D eigenvalue weighted by Crippen LogP contribution is 2.11. The fourth-order valence-corrected chi connectivity index (χ4v) is 0.549. The molecule has 0 rings (SSSR count). The molecule has 12 heavy (non-hydrogen) atoms. The van der Waals surface area contributed by atoms with Crippen molar-refractivity contribution in [1.82, 2.24) is 0 Å². The zero-order chi connectivity index (χ0) is 9.78. The number of methoxy groups -OCH3 is 1.